The maximum Gasteiger partial charge on any atom is 0.419 e. The number of nitrogens with zero attached hydrogens (tertiary/aromatic N) is 3. The molecular weight excluding hydrogens is 318 g/mol. The fourth-order valence-electron chi connectivity index (χ4n) is 2.73. The zero-order valence-electron chi connectivity index (χ0n) is 15.0. The van der Waals surface area contributed by atoms with Crippen LogP contribution in [0.4, 0.5) is 4.79 Å². The minimum absolute atomic E-state index is 0.123. The molecule has 0 spiro atoms. The van der Waals surface area contributed by atoms with Crippen molar-refractivity contribution in [3.63, 3.8) is 0 Å². The second-order valence-corrected chi connectivity index (χ2v) is 7.00. The summed E-state index contributed by atoms with van der Waals surface area (Å²) < 4.78 is 8.71. The van der Waals surface area contributed by atoms with Crippen molar-refractivity contribution in [3.05, 3.63) is 42.1 Å². The average molecular weight is 339 g/mol. The topological polar surface area (TPSA) is 66.1 Å². The van der Waals surface area contributed by atoms with Gasteiger partial charge in [-0.05, 0) is 39.0 Å². The number of rotatable bonds is 2. The molecular formula is C19H21N3O3. The Balaban J connectivity index is 2.23. The molecule has 0 N–H and O–H groups in total. The molecule has 0 radical (unpaired) electrons. The van der Waals surface area contributed by atoms with Crippen LogP contribution in [0.15, 0.2) is 36.4 Å². The van der Waals surface area contributed by atoms with Crippen LogP contribution in [-0.4, -0.2) is 31.8 Å². The number of carbonyl (C=O) groups excluding carboxylic acids is 2. The Labute approximate surface area is 146 Å². The molecule has 0 aliphatic carbocycles. The molecule has 0 saturated heterocycles. The van der Waals surface area contributed by atoms with Crippen LogP contribution in [0.5, 0.6) is 0 Å². The van der Waals surface area contributed by atoms with Gasteiger partial charge in [-0.15, -0.1) is 0 Å². The van der Waals surface area contributed by atoms with E-state index >= 15 is 0 Å². The number of aromatic nitrogens is 3. The van der Waals surface area contributed by atoms with Gasteiger partial charge < -0.3 is 4.74 Å². The number of hydrogen-bond acceptors (Lipinski definition) is 4. The Kier molecular flexibility index (Phi) is 3.99. The summed E-state index contributed by atoms with van der Waals surface area (Å²) in [6.07, 6.45) is -0.464. The second-order valence-electron chi connectivity index (χ2n) is 7.00. The number of fused-ring (bicyclic) bond motifs is 1. The lowest BCUT2D eigenvalue weighted by Gasteiger charge is -2.21. The third-order valence-electron chi connectivity index (χ3n) is 3.79. The summed E-state index contributed by atoms with van der Waals surface area (Å²) in [5.41, 5.74) is 1.80. The summed E-state index contributed by atoms with van der Waals surface area (Å²) in [7, 11) is 1.75. The van der Waals surface area contributed by atoms with E-state index in [0.717, 1.165) is 10.9 Å². The molecule has 0 bridgehead atoms. The molecule has 6 nitrogen and oxygen atoms in total. The Hall–Kier alpha value is -2.89. The minimum Gasteiger partial charge on any atom is -0.443 e. The first-order valence-corrected chi connectivity index (χ1v) is 8.06. The summed E-state index contributed by atoms with van der Waals surface area (Å²) in [6.45, 7) is 6.95. The molecule has 0 unspecified atom stereocenters. The van der Waals surface area contributed by atoms with Gasteiger partial charge in [0.15, 0.2) is 5.78 Å². The van der Waals surface area contributed by atoms with Crippen LogP contribution in [0.3, 0.4) is 0 Å². The Morgan fingerprint density at radius 2 is 1.76 bits per heavy atom. The van der Waals surface area contributed by atoms with Crippen molar-refractivity contribution >= 4 is 22.8 Å². The summed E-state index contributed by atoms with van der Waals surface area (Å²) >= 11 is 0. The standard InChI is InChI=1S/C19H21N3O3/c1-12(23)14-11-16(21(5)20-14)17-10-13-8-6-7-9-15(13)22(17)18(24)25-19(2,3)4/h6-11H,1-5H3. The molecule has 0 atom stereocenters. The van der Waals surface area contributed by atoms with E-state index in [9.17, 15) is 9.59 Å². The van der Waals surface area contributed by atoms with Crippen molar-refractivity contribution in [2.45, 2.75) is 33.3 Å². The summed E-state index contributed by atoms with van der Waals surface area (Å²) in [5, 5.41) is 5.14. The SMILES string of the molecule is CC(=O)c1cc(-c2cc3ccccc3n2C(=O)OC(C)(C)C)n(C)n1. The van der Waals surface area contributed by atoms with Gasteiger partial charge >= 0.3 is 6.09 Å². The highest BCUT2D eigenvalue weighted by Crippen LogP contribution is 2.29. The lowest BCUT2D eigenvalue weighted by Crippen LogP contribution is -2.27. The van der Waals surface area contributed by atoms with E-state index in [4.69, 9.17) is 4.74 Å². The third-order valence-corrected chi connectivity index (χ3v) is 3.79. The van der Waals surface area contributed by atoms with Crippen LogP contribution in [-0.2, 0) is 11.8 Å². The van der Waals surface area contributed by atoms with Crippen molar-refractivity contribution < 1.29 is 14.3 Å². The molecule has 6 heteroatoms. The number of carbonyl (C=O) groups is 2. The van der Waals surface area contributed by atoms with E-state index in [2.05, 4.69) is 5.10 Å². The average Bonchev–Trinajstić information content (AvgIpc) is 3.05. The van der Waals surface area contributed by atoms with Crippen LogP contribution in [0.25, 0.3) is 22.3 Å². The molecule has 1 aromatic carbocycles. The van der Waals surface area contributed by atoms with Gasteiger partial charge in [0.2, 0.25) is 0 Å². The summed E-state index contributed by atoms with van der Waals surface area (Å²) in [4.78, 5) is 24.5. The van der Waals surface area contributed by atoms with Crippen molar-refractivity contribution in [2.24, 2.45) is 7.05 Å². The monoisotopic (exact) mass is 339 g/mol. The molecule has 25 heavy (non-hydrogen) atoms. The highest BCUT2D eigenvalue weighted by Gasteiger charge is 2.24. The first kappa shape index (κ1) is 17.0. The number of ether oxygens (including phenoxy) is 1. The van der Waals surface area contributed by atoms with Crippen LogP contribution in [0, 0.1) is 0 Å². The Morgan fingerprint density at radius 3 is 2.36 bits per heavy atom. The maximum absolute atomic E-state index is 12.8. The molecule has 0 aliphatic heterocycles. The van der Waals surface area contributed by atoms with Gasteiger partial charge in [-0.3, -0.25) is 9.48 Å². The quantitative estimate of drug-likeness (QED) is 0.661. The molecule has 0 amide bonds. The van der Waals surface area contributed by atoms with Crippen molar-refractivity contribution in [1.29, 1.82) is 0 Å². The largest absolute Gasteiger partial charge is 0.443 e. The summed E-state index contributed by atoms with van der Waals surface area (Å²) in [5.74, 6) is -0.123. The molecule has 0 fully saturated rings. The highest BCUT2D eigenvalue weighted by molar-refractivity contribution is 5.97. The van der Waals surface area contributed by atoms with Gasteiger partial charge in [-0.2, -0.15) is 5.10 Å². The molecule has 0 saturated carbocycles. The predicted molar refractivity (Wildman–Crippen MR) is 95.8 cm³/mol. The van der Waals surface area contributed by atoms with Gasteiger partial charge in [-0.25, -0.2) is 9.36 Å². The zero-order chi connectivity index (χ0) is 18.4. The first-order valence-electron chi connectivity index (χ1n) is 8.06. The van der Waals surface area contributed by atoms with Crippen LogP contribution < -0.4 is 0 Å². The molecule has 0 aliphatic rings. The lowest BCUT2D eigenvalue weighted by atomic mass is 10.2. The molecule has 2 heterocycles. The number of ketones is 1. The highest BCUT2D eigenvalue weighted by atomic mass is 16.6. The van der Waals surface area contributed by atoms with Crippen LogP contribution in [0.1, 0.15) is 38.2 Å². The third kappa shape index (κ3) is 3.20. The van der Waals surface area contributed by atoms with E-state index in [1.807, 2.05) is 51.1 Å². The van der Waals surface area contributed by atoms with Crippen LogP contribution >= 0.6 is 0 Å². The smallest absolute Gasteiger partial charge is 0.419 e. The second kappa shape index (κ2) is 5.88. The predicted octanol–water partition coefficient (Wildman–Crippen LogP) is 4.03. The number of aryl methyl sites for hydroxylation is 1. The minimum atomic E-state index is -0.614. The van der Waals surface area contributed by atoms with Gasteiger partial charge in [0, 0.05) is 19.4 Å². The van der Waals surface area contributed by atoms with E-state index in [0.29, 0.717) is 17.1 Å². The number of Topliss-reactive ketones (excluding diaryl/α,β-unsaturated/α-hetero) is 1. The van der Waals surface area contributed by atoms with E-state index in [1.165, 1.54) is 11.5 Å². The van der Waals surface area contributed by atoms with Crippen LogP contribution in [0.2, 0.25) is 0 Å². The fourth-order valence-corrected chi connectivity index (χ4v) is 2.73. The van der Waals surface area contributed by atoms with Crippen molar-refractivity contribution in [2.75, 3.05) is 0 Å². The van der Waals surface area contributed by atoms with Gasteiger partial charge in [-0.1, -0.05) is 18.2 Å². The van der Waals surface area contributed by atoms with E-state index in [-0.39, 0.29) is 5.78 Å². The molecule has 3 aromatic rings. The van der Waals surface area contributed by atoms with Crippen molar-refractivity contribution in [1.82, 2.24) is 14.3 Å². The van der Waals surface area contributed by atoms with E-state index < -0.39 is 11.7 Å². The maximum atomic E-state index is 12.8. The molecule has 3 rings (SSSR count). The number of hydrogen-bond donors (Lipinski definition) is 0. The first-order chi connectivity index (χ1) is 11.7. The fraction of sp³-hybridized carbons (Fsp3) is 0.316. The number of benzene rings is 1. The normalized spacial score (nSPS) is 11.7. The Bertz CT molecular complexity index is 974. The van der Waals surface area contributed by atoms with Crippen molar-refractivity contribution in [3.8, 4) is 11.4 Å². The summed E-state index contributed by atoms with van der Waals surface area (Å²) in [6, 6.07) is 11.2. The molecule has 130 valence electrons. The Morgan fingerprint density at radius 1 is 1.08 bits per heavy atom. The lowest BCUT2D eigenvalue weighted by molar-refractivity contribution is 0.0547. The molecule has 2 aromatic heterocycles. The van der Waals surface area contributed by atoms with Gasteiger partial charge in [0.25, 0.3) is 0 Å². The van der Waals surface area contributed by atoms with Gasteiger partial charge in [0.1, 0.15) is 11.3 Å². The van der Waals surface area contributed by atoms with Gasteiger partial charge in [0.05, 0.1) is 16.9 Å². The zero-order valence-corrected chi connectivity index (χ0v) is 15.0. The van der Waals surface area contributed by atoms with E-state index in [1.54, 1.807) is 17.8 Å². The number of para-hydroxylation sites is 1.